The molecular formula is C22H25N5O4S. The molecule has 168 valence electrons. The van der Waals surface area contributed by atoms with Gasteiger partial charge in [0, 0.05) is 37.3 Å². The van der Waals surface area contributed by atoms with Crippen LogP contribution in [0.4, 0.5) is 0 Å². The monoisotopic (exact) mass is 455 g/mol. The van der Waals surface area contributed by atoms with Crippen molar-refractivity contribution >= 4 is 35.0 Å². The zero-order valence-electron chi connectivity index (χ0n) is 17.7. The van der Waals surface area contributed by atoms with Crippen molar-refractivity contribution in [3.63, 3.8) is 0 Å². The third-order valence-electron chi connectivity index (χ3n) is 6.57. The highest BCUT2D eigenvalue weighted by Crippen LogP contribution is 2.30. The number of amides is 4. The molecule has 5 rings (SSSR count). The minimum atomic E-state index is -0.730. The van der Waals surface area contributed by atoms with E-state index in [9.17, 15) is 19.2 Å². The Morgan fingerprint density at radius 2 is 2.09 bits per heavy atom. The van der Waals surface area contributed by atoms with Crippen LogP contribution >= 0.6 is 11.3 Å². The largest absolute Gasteiger partial charge is 0.351 e. The standard InChI is InChI=1S/C22H25N5O4S/c1-25-7-2-5-16(25)21(30)26-8-6-15-19(26)22(31)27-12-13(10-17(27)20(29)24-15)23-18(28)11-14-4-3-9-32-14/h2-5,7,9,13,15,17,19H,6,8,10-12H2,1H3,(H,23,28)(H,24,29). The van der Waals surface area contributed by atoms with Crippen molar-refractivity contribution in [2.45, 2.75) is 43.4 Å². The van der Waals surface area contributed by atoms with Crippen molar-refractivity contribution in [1.29, 1.82) is 0 Å². The third kappa shape index (κ3) is 3.58. The molecule has 3 aliphatic heterocycles. The molecule has 3 aliphatic rings. The fourth-order valence-electron chi connectivity index (χ4n) is 5.04. The van der Waals surface area contributed by atoms with Gasteiger partial charge < -0.3 is 25.0 Å². The Morgan fingerprint density at radius 3 is 2.81 bits per heavy atom. The molecular weight excluding hydrogens is 430 g/mol. The first-order valence-corrected chi connectivity index (χ1v) is 11.6. The molecule has 5 heterocycles. The molecule has 0 saturated carbocycles. The number of rotatable bonds is 4. The van der Waals surface area contributed by atoms with E-state index in [0.717, 1.165) is 4.88 Å². The first-order valence-electron chi connectivity index (χ1n) is 10.8. The summed E-state index contributed by atoms with van der Waals surface area (Å²) in [4.78, 5) is 56.1. The van der Waals surface area contributed by atoms with Crippen LogP contribution in [0.25, 0.3) is 0 Å². The molecule has 4 amide bonds. The van der Waals surface area contributed by atoms with E-state index < -0.39 is 18.1 Å². The maximum absolute atomic E-state index is 13.5. The number of hydrogen-bond acceptors (Lipinski definition) is 5. The molecule has 3 fully saturated rings. The minimum Gasteiger partial charge on any atom is -0.351 e. The van der Waals surface area contributed by atoms with Gasteiger partial charge in [-0.05, 0) is 36.4 Å². The van der Waals surface area contributed by atoms with Crippen LogP contribution in [0.15, 0.2) is 35.8 Å². The lowest BCUT2D eigenvalue weighted by Crippen LogP contribution is -2.52. The van der Waals surface area contributed by atoms with Crippen molar-refractivity contribution in [1.82, 2.24) is 25.0 Å². The summed E-state index contributed by atoms with van der Waals surface area (Å²) < 4.78 is 1.73. The van der Waals surface area contributed by atoms with Gasteiger partial charge in [-0.25, -0.2) is 0 Å². The van der Waals surface area contributed by atoms with E-state index in [4.69, 9.17) is 0 Å². The number of hydrogen-bond donors (Lipinski definition) is 2. The van der Waals surface area contributed by atoms with Gasteiger partial charge in [-0.1, -0.05) is 6.07 Å². The fraction of sp³-hybridized carbons (Fsp3) is 0.455. The predicted octanol–water partition coefficient (Wildman–Crippen LogP) is 0.128. The molecule has 3 saturated heterocycles. The Morgan fingerprint density at radius 1 is 1.25 bits per heavy atom. The zero-order valence-corrected chi connectivity index (χ0v) is 18.5. The van der Waals surface area contributed by atoms with E-state index in [1.165, 1.54) is 11.3 Å². The average Bonchev–Trinajstić information content (AvgIpc) is 3.53. The van der Waals surface area contributed by atoms with Gasteiger partial charge >= 0.3 is 0 Å². The van der Waals surface area contributed by atoms with Crippen molar-refractivity contribution in [2.24, 2.45) is 7.05 Å². The van der Waals surface area contributed by atoms with E-state index in [0.29, 0.717) is 25.1 Å². The Hall–Kier alpha value is -3.14. The highest BCUT2D eigenvalue weighted by atomic mass is 32.1. The van der Waals surface area contributed by atoms with Crippen molar-refractivity contribution in [3.8, 4) is 0 Å². The molecule has 10 heteroatoms. The van der Waals surface area contributed by atoms with E-state index in [-0.39, 0.29) is 42.6 Å². The Bertz CT molecular complexity index is 1060. The average molecular weight is 456 g/mol. The number of thiophene rings is 1. The number of likely N-dealkylation sites (tertiary alicyclic amines) is 1. The van der Waals surface area contributed by atoms with E-state index >= 15 is 0 Å². The molecule has 4 unspecified atom stereocenters. The van der Waals surface area contributed by atoms with E-state index in [1.54, 1.807) is 39.7 Å². The van der Waals surface area contributed by atoms with Gasteiger partial charge in [0.15, 0.2) is 0 Å². The SMILES string of the molecule is Cn1cccc1C(=O)N1CCC2NC(=O)C3CC(NC(=O)Cc4cccs4)CN3C(=O)C21. The number of fused-ring (bicyclic) bond motifs is 2. The second kappa shape index (κ2) is 8.09. The van der Waals surface area contributed by atoms with Crippen LogP contribution in [0.2, 0.25) is 0 Å². The molecule has 2 aromatic heterocycles. The summed E-state index contributed by atoms with van der Waals surface area (Å²) in [5, 5.41) is 7.88. The molecule has 32 heavy (non-hydrogen) atoms. The molecule has 0 aliphatic carbocycles. The van der Waals surface area contributed by atoms with Crippen LogP contribution in [0.1, 0.15) is 28.2 Å². The van der Waals surface area contributed by atoms with Crippen molar-refractivity contribution in [2.75, 3.05) is 13.1 Å². The summed E-state index contributed by atoms with van der Waals surface area (Å²) in [6, 6.07) is 5.27. The Kier molecular flexibility index (Phi) is 5.24. The molecule has 4 atom stereocenters. The van der Waals surface area contributed by atoms with Crippen molar-refractivity contribution < 1.29 is 19.2 Å². The summed E-state index contributed by atoms with van der Waals surface area (Å²) >= 11 is 1.52. The second-order valence-corrected chi connectivity index (χ2v) is 9.65. The van der Waals surface area contributed by atoms with Gasteiger partial charge in [0.2, 0.25) is 17.7 Å². The van der Waals surface area contributed by atoms with E-state index in [2.05, 4.69) is 10.6 Å². The molecule has 0 spiro atoms. The van der Waals surface area contributed by atoms with E-state index in [1.807, 2.05) is 17.5 Å². The van der Waals surface area contributed by atoms with Gasteiger partial charge in [-0.2, -0.15) is 0 Å². The lowest BCUT2D eigenvalue weighted by molar-refractivity contribution is -0.138. The fourth-order valence-corrected chi connectivity index (χ4v) is 5.74. The van der Waals surface area contributed by atoms with Crippen LogP contribution < -0.4 is 10.6 Å². The van der Waals surface area contributed by atoms with Gasteiger partial charge in [0.1, 0.15) is 17.8 Å². The molecule has 0 aromatic carbocycles. The zero-order chi connectivity index (χ0) is 22.4. The Labute approximate surface area is 189 Å². The highest BCUT2D eigenvalue weighted by molar-refractivity contribution is 7.10. The predicted molar refractivity (Wildman–Crippen MR) is 117 cm³/mol. The molecule has 2 aromatic rings. The summed E-state index contributed by atoms with van der Waals surface area (Å²) in [5.41, 5.74) is 0.505. The second-order valence-electron chi connectivity index (χ2n) is 8.61. The smallest absolute Gasteiger partial charge is 0.271 e. The van der Waals surface area contributed by atoms with Crippen LogP contribution in [0.5, 0.6) is 0 Å². The first-order chi connectivity index (χ1) is 15.4. The molecule has 0 bridgehead atoms. The van der Waals surface area contributed by atoms with Gasteiger partial charge in [-0.3, -0.25) is 19.2 Å². The lowest BCUT2D eigenvalue weighted by atomic mass is 10.1. The van der Waals surface area contributed by atoms with Crippen LogP contribution in [-0.4, -0.2) is 75.3 Å². The normalized spacial score (nSPS) is 27.0. The van der Waals surface area contributed by atoms with Gasteiger partial charge in [0.05, 0.1) is 12.5 Å². The van der Waals surface area contributed by atoms with Crippen LogP contribution in [0.3, 0.4) is 0 Å². The quantitative estimate of drug-likeness (QED) is 0.684. The highest BCUT2D eigenvalue weighted by Gasteiger charge is 2.52. The number of aromatic nitrogens is 1. The first kappa shape index (κ1) is 20.7. The number of nitrogens with zero attached hydrogens (tertiary/aromatic N) is 3. The van der Waals surface area contributed by atoms with Crippen LogP contribution in [-0.2, 0) is 27.9 Å². The Balaban J connectivity index is 1.32. The maximum Gasteiger partial charge on any atom is 0.271 e. The van der Waals surface area contributed by atoms with Crippen LogP contribution in [0, 0.1) is 0 Å². The lowest BCUT2D eigenvalue weighted by Gasteiger charge is -2.29. The molecule has 2 N–H and O–H groups in total. The number of carbonyl (C=O) groups is 4. The summed E-state index contributed by atoms with van der Waals surface area (Å²) in [5.74, 6) is -0.782. The topological polar surface area (TPSA) is 104 Å². The van der Waals surface area contributed by atoms with Gasteiger partial charge in [0.25, 0.3) is 5.91 Å². The maximum atomic E-state index is 13.5. The number of carbonyl (C=O) groups excluding carboxylic acids is 4. The van der Waals surface area contributed by atoms with Gasteiger partial charge in [-0.15, -0.1) is 11.3 Å². The summed E-state index contributed by atoms with van der Waals surface area (Å²) in [6.07, 6.45) is 2.98. The third-order valence-corrected chi connectivity index (χ3v) is 7.45. The number of nitrogens with one attached hydrogen (secondary N) is 2. The summed E-state index contributed by atoms with van der Waals surface area (Å²) in [7, 11) is 1.79. The molecule has 0 radical (unpaired) electrons. The molecule has 9 nitrogen and oxygen atoms in total. The summed E-state index contributed by atoms with van der Waals surface area (Å²) in [6.45, 7) is 0.674. The van der Waals surface area contributed by atoms with Crippen molar-refractivity contribution in [3.05, 3.63) is 46.4 Å². The minimum absolute atomic E-state index is 0.123. The number of aryl methyl sites for hydroxylation is 1.